The van der Waals surface area contributed by atoms with Gasteiger partial charge in [-0.15, -0.1) is 13.2 Å². The second-order valence-corrected chi connectivity index (χ2v) is 10.1. The average molecular weight is 527 g/mol. The molecular weight excluding hydrogens is 488 g/mol. The van der Waals surface area contributed by atoms with Gasteiger partial charge in [0.15, 0.2) is 0 Å². The maximum Gasteiger partial charge on any atom is 0.312 e. The minimum absolute atomic E-state index is 0.0663. The second-order valence-electron chi connectivity index (χ2n) is 10.1. The highest BCUT2D eigenvalue weighted by Crippen LogP contribution is 2.59. The van der Waals surface area contributed by atoms with Gasteiger partial charge in [0.1, 0.15) is 17.4 Å². The number of carbonyl (C=O) groups is 3. The molecule has 3 heterocycles. The van der Waals surface area contributed by atoms with Crippen molar-refractivity contribution in [3.05, 3.63) is 49.6 Å². The number of methoxy groups -OCH3 is 1. The molecule has 1 spiro atoms. The van der Waals surface area contributed by atoms with Crippen molar-refractivity contribution in [2.75, 3.05) is 38.3 Å². The number of hydrogen-bond acceptors (Lipinski definition) is 7. The standard InChI is InChI=1S/C29H38N2O7/c1-4-6-19-37-28(35)23-22-14-15-29(38-22)24(23)26(33)31(17-8-7-9-18-32)25(29)27(34)30(16-5-2)20-10-12-21(36-3)13-11-20/h4-5,10-13,22-25,32H,1-2,6-9,14-19H2,3H3/t22-,23+,24-,25?,29?/m0/s1. The van der Waals surface area contributed by atoms with Crippen molar-refractivity contribution in [2.45, 2.75) is 56.3 Å². The SMILES string of the molecule is C=CCCOC(=O)[C@@H]1[C@@H]2CCC3(O2)C(C(=O)N(CC=C)c2ccc(OC)cc2)N(CCCCCO)C(=O)[C@H]13. The molecule has 5 atom stereocenters. The number of benzene rings is 1. The van der Waals surface area contributed by atoms with Crippen LogP contribution in [0.1, 0.15) is 38.5 Å². The topological polar surface area (TPSA) is 106 Å². The third-order valence-electron chi connectivity index (χ3n) is 7.89. The lowest BCUT2D eigenvalue weighted by Crippen LogP contribution is -2.56. The smallest absolute Gasteiger partial charge is 0.312 e. The number of rotatable bonds is 14. The van der Waals surface area contributed by atoms with Crippen LogP contribution in [0.3, 0.4) is 0 Å². The van der Waals surface area contributed by atoms with E-state index in [1.165, 1.54) is 0 Å². The fourth-order valence-electron chi connectivity index (χ4n) is 6.21. The first kappa shape index (κ1) is 27.9. The van der Waals surface area contributed by atoms with E-state index in [4.69, 9.17) is 14.2 Å². The van der Waals surface area contributed by atoms with Crippen LogP contribution < -0.4 is 9.64 Å². The molecule has 0 aromatic heterocycles. The van der Waals surface area contributed by atoms with E-state index < -0.39 is 35.6 Å². The number of hydrogen-bond donors (Lipinski definition) is 1. The molecule has 3 aliphatic heterocycles. The number of aliphatic hydroxyl groups excluding tert-OH is 1. The summed E-state index contributed by atoms with van der Waals surface area (Å²) < 4.78 is 17.2. The fraction of sp³-hybridized carbons (Fsp3) is 0.552. The van der Waals surface area contributed by atoms with Crippen molar-refractivity contribution in [2.24, 2.45) is 11.8 Å². The van der Waals surface area contributed by atoms with Gasteiger partial charge in [-0.25, -0.2) is 0 Å². The van der Waals surface area contributed by atoms with Crippen molar-refractivity contribution >= 4 is 23.5 Å². The Morgan fingerprint density at radius 1 is 1.21 bits per heavy atom. The van der Waals surface area contributed by atoms with Crippen LogP contribution in [0, 0.1) is 11.8 Å². The molecule has 3 fully saturated rings. The van der Waals surface area contributed by atoms with E-state index in [-0.39, 0.29) is 31.6 Å². The van der Waals surface area contributed by atoms with Gasteiger partial charge in [-0.2, -0.15) is 0 Å². The summed E-state index contributed by atoms with van der Waals surface area (Å²) in [5.74, 6) is -1.82. The molecule has 206 valence electrons. The Labute approximate surface area is 224 Å². The number of nitrogens with zero attached hydrogens (tertiary/aromatic N) is 2. The van der Waals surface area contributed by atoms with Gasteiger partial charge in [0.25, 0.3) is 5.91 Å². The summed E-state index contributed by atoms with van der Waals surface area (Å²) in [6, 6.07) is 6.26. The van der Waals surface area contributed by atoms with E-state index >= 15 is 0 Å². The number of fused-ring (bicyclic) bond motifs is 1. The van der Waals surface area contributed by atoms with Crippen LogP contribution in [0.2, 0.25) is 0 Å². The van der Waals surface area contributed by atoms with E-state index in [0.717, 1.165) is 0 Å². The van der Waals surface area contributed by atoms with Gasteiger partial charge in [-0.3, -0.25) is 14.4 Å². The van der Waals surface area contributed by atoms with Gasteiger partial charge >= 0.3 is 5.97 Å². The number of carbonyl (C=O) groups excluding carboxylic acids is 3. The monoisotopic (exact) mass is 526 g/mol. The molecule has 9 heteroatoms. The lowest BCUT2D eigenvalue weighted by atomic mass is 9.70. The minimum atomic E-state index is -1.09. The molecule has 3 aliphatic rings. The lowest BCUT2D eigenvalue weighted by molar-refractivity contribution is -0.155. The summed E-state index contributed by atoms with van der Waals surface area (Å²) in [4.78, 5) is 44.7. The summed E-state index contributed by atoms with van der Waals surface area (Å²) in [6.45, 7) is 8.33. The predicted octanol–water partition coefficient (Wildman–Crippen LogP) is 2.87. The molecule has 1 aromatic rings. The molecule has 1 N–H and O–H groups in total. The minimum Gasteiger partial charge on any atom is -0.497 e. The number of likely N-dealkylation sites (tertiary alicyclic amines) is 1. The van der Waals surface area contributed by atoms with Crippen LogP contribution in [-0.2, 0) is 23.9 Å². The third kappa shape index (κ3) is 4.97. The maximum atomic E-state index is 14.4. The Bertz CT molecular complexity index is 1040. The first-order chi connectivity index (χ1) is 18.4. The fourth-order valence-corrected chi connectivity index (χ4v) is 6.21. The average Bonchev–Trinajstić information content (AvgIpc) is 3.57. The summed E-state index contributed by atoms with van der Waals surface area (Å²) in [7, 11) is 1.58. The largest absolute Gasteiger partial charge is 0.497 e. The van der Waals surface area contributed by atoms with Crippen molar-refractivity contribution in [3.63, 3.8) is 0 Å². The Balaban J connectivity index is 1.68. The van der Waals surface area contributed by atoms with Crippen molar-refractivity contribution in [1.29, 1.82) is 0 Å². The highest BCUT2D eigenvalue weighted by Gasteiger charge is 2.75. The highest BCUT2D eigenvalue weighted by atomic mass is 16.6. The number of amides is 2. The quantitative estimate of drug-likeness (QED) is 0.226. The highest BCUT2D eigenvalue weighted by molar-refractivity contribution is 6.04. The molecule has 1 aromatic carbocycles. The first-order valence-corrected chi connectivity index (χ1v) is 13.4. The van der Waals surface area contributed by atoms with Crippen LogP contribution in [0.25, 0.3) is 0 Å². The zero-order valence-corrected chi connectivity index (χ0v) is 22.0. The molecule has 0 aliphatic carbocycles. The molecule has 38 heavy (non-hydrogen) atoms. The zero-order valence-electron chi connectivity index (χ0n) is 22.0. The number of ether oxygens (including phenoxy) is 3. The molecule has 9 nitrogen and oxygen atoms in total. The molecule has 0 saturated carbocycles. The van der Waals surface area contributed by atoms with E-state index in [9.17, 15) is 19.5 Å². The van der Waals surface area contributed by atoms with Crippen molar-refractivity contribution < 1.29 is 33.7 Å². The van der Waals surface area contributed by atoms with E-state index in [2.05, 4.69) is 13.2 Å². The molecule has 2 amide bonds. The Morgan fingerprint density at radius 3 is 2.63 bits per heavy atom. The van der Waals surface area contributed by atoms with Gasteiger partial charge in [0.2, 0.25) is 5.91 Å². The zero-order chi connectivity index (χ0) is 27.3. The predicted molar refractivity (Wildman–Crippen MR) is 142 cm³/mol. The molecule has 3 saturated heterocycles. The van der Waals surface area contributed by atoms with E-state index in [1.807, 2.05) is 0 Å². The molecular formula is C29H38N2O7. The van der Waals surface area contributed by atoms with Crippen LogP contribution in [0.15, 0.2) is 49.6 Å². The van der Waals surface area contributed by atoms with Gasteiger partial charge in [0.05, 0.1) is 31.7 Å². The first-order valence-electron chi connectivity index (χ1n) is 13.4. The Kier molecular flexibility index (Phi) is 8.89. The molecule has 4 rings (SSSR count). The number of aliphatic hydroxyl groups is 1. The van der Waals surface area contributed by atoms with Gasteiger partial charge in [-0.1, -0.05) is 12.2 Å². The van der Waals surface area contributed by atoms with Crippen LogP contribution in [0.4, 0.5) is 5.69 Å². The number of anilines is 1. The van der Waals surface area contributed by atoms with E-state index in [0.29, 0.717) is 56.5 Å². The third-order valence-corrected chi connectivity index (χ3v) is 7.89. The molecule has 2 unspecified atom stereocenters. The van der Waals surface area contributed by atoms with Crippen LogP contribution in [0.5, 0.6) is 5.75 Å². The number of unbranched alkanes of at least 4 members (excludes halogenated alkanes) is 2. The van der Waals surface area contributed by atoms with Crippen LogP contribution >= 0.6 is 0 Å². The van der Waals surface area contributed by atoms with Crippen LogP contribution in [-0.4, -0.2) is 79.0 Å². The van der Waals surface area contributed by atoms with Crippen molar-refractivity contribution in [3.8, 4) is 5.75 Å². The van der Waals surface area contributed by atoms with Gasteiger partial charge in [0, 0.05) is 25.4 Å². The number of esters is 1. The summed E-state index contributed by atoms with van der Waals surface area (Å²) in [6.07, 6.45) is 6.42. The second kappa shape index (κ2) is 12.1. The lowest BCUT2D eigenvalue weighted by Gasteiger charge is -2.36. The van der Waals surface area contributed by atoms with E-state index in [1.54, 1.807) is 53.3 Å². The molecule has 0 radical (unpaired) electrons. The molecule has 2 bridgehead atoms. The van der Waals surface area contributed by atoms with Gasteiger partial charge in [-0.05, 0) is 62.8 Å². The Hall–Kier alpha value is -3.17. The summed E-state index contributed by atoms with van der Waals surface area (Å²) in [5, 5.41) is 9.21. The summed E-state index contributed by atoms with van der Waals surface area (Å²) >= 11 is 0. The van der Waals surface area contributed by atoms with Gasteiger partial charge < -0.3 is 29.1 Å². The maximum absolute atomic E-state index is 14.4. The van der Waals surface area contributed by atoms with Crippen molar-refractivity contribution in [1.82, 2.24) is 4.90 Å². The Morgan fingerprint density at radius 2 is 1.97 bits per heavy atom. The summed E-state index contributed by atoms with van der Waals surface area (Å²) in [5.41, 5.74) is -0.444. The normalized spacial score (nSPS) is 27.2.